The van der Waals surface area contributed by atoms with E-state index in [0.717, 1.165) is 36.1 Å². The summed E-state index contributed by atoms with van der Waals surface area (Å²) in [6, 6.07) is 15.9. The fourth-order valence-electron chi connectivity index (χ4n) is 4.38. The van der Waals surface area contributed by atoms with Crippen molar-refractivity contribution in [3.63, 3.8) is 0 Å². The fraction of sp³-hybridized carbons (Fsp3) is 0.346. The molecule has 34 heavy (non-hydrogen) atoms. The molecule has 2 aromatic rings. The number of carbonyl (C=O) groups is 2. The summed E-state index contributed by atoms with van der Waals surface area (Å²) in [5.41, 5.74) is 2.25. The molecule has 1 aromatic carbocycles. The molecule has 176 valence electrons. The molecule has 1 fully saturated rings. The summed E-state index contributed by atoms with van der Waals surface area (Å²) in [7, 11) is 0. The highest BCUT2D eigenvalue weighted by Crippen LogP contribution is 2.44. The number of amides is 1. The van der Waals surface area contributed by atoms with Crippen molar-refractivity contribution < 1.29 is 14.3 Å². The van der Waals surface area contributed by atoms with Crippen LogP contribution in [0.2, 0.25) is 0 Å². The Labute approximate surface area is 208 Å². The van der Waals surface area contributed by atoms with Gasteiger partial charge in [0, 0.05) is 10.9 Å². The number of nitrogens with zero attached hydrogens (tertiary/aromatic N) is 1. The summed E-state index contributed by atoms with van der Waals surface area (Å²) in [6.07, 6.45) is 4.33. The van der Waals surface area contributed by atoms with Gasteiger partial charge in [0.1, 0.15) is 0 Å². The second-order valence-corrected chi connectivity index (χ2v) is 10.1. The van der Waals surface area contributed by atoms with Crippen LogP contribution in [0.3, 0.4) is 0 Å². The van der Waals surface area contributed by atoms with Crippen LogP contribution in [0.1, 0.15) is 49.0 Å². The fourth-order valence-corrected chi connectivity index (χ4v) is 6.07. The van der Waals surface area contributed by atoms with E-state index in [-0.39, 0.29) is 24.3 Å². The SMILES string of the molecule is CCOC(=O)C1=C(c2ccccc2)NC(SCC(=O)NC2CCCC2)=C(C#N)[C@@H]1c1cccs1. The van der Waals surface area contributed by atoms with Crippen LogP contribution in [0.25, 0.3) is 5.70 Å². The first-order valence-corrected chi connectivity index (χ1v) is 13.3. The summed E-state index contributed by atoms with van der Waals surface area (Å²) >= 11 is 2.79. The number of hydrogen-bond donors (Lipinski definition) is 2. The van der Waals surface area contributed by atoms with Crippen LogP contribution in [0.4, 0.5) is 0 Å². The quantitative estimate of drug-likeness (QED) is 0.507. The van der Waals surface area contributed by atoms with E-state index >= 15 is 0 Å². The second kappa shape index (κ2) is 11.4. The van der Waals surface area contributed by atoms with Gasteiger partial charge in [0.25, 0.3) is 0 Å². The van der Waals surface area contributed by atoms with Gasteiger partial charge in [-0.1, -0.05) is 61.0 Å². The first kappa shape index (κ1) is 24.1. The van der Waals surface area contributed by atoms with Gasteiger partial charge < -0.3 is 15.4 Å². The lowest BCUT2D eigenvalue weighted by molar-refractivity contribution is -0.138. The van der Waals surface area contributed by atoms with E-state index in [1.807, 2.05) is 47.8 Å². The number of ether oxygens (including phenoxy) is 1. The minimum atomic E-state index is -0.569. The maximum absolute atomic E-state index is 13.2. The standard InChI is InChI=1S/C26H27N3O3S2/c1-2-32-26(31)23-22(20-13-8-14-33-20)19(15-27)25(29-24(23)17-9-4-3-5-10-17)34-16-21(30)28-18-11-6-7-12-18/h3-5,8-10,13-14,18,22,29H,2,6-7,11-12,16H2,1H3,(H,28,30)/t22-/m1/s1. The second-order valence-electron chi connectivity index (χ2n) is 8.14. The first-order chi connectivity index (χ1) is 16.6. The molecular formula is C26H27N3O3S2. The summed E-state index contributed by atoms with van der Waals surface area (Å²) in [5.74, 6) is -0.876. The van der Waals surface area contributed by atoms with Crippen molar-refractivity contribution >= 4 is 40.7 Å². The Balaban J connectivity index is 1.71. The molecule has 0 radical (unpaired) electrons. The van der Waals surface area contributed by atoms with Crippen LogP contribution in [0.5, 0.6) is 0 Å². The van der Waals surface area contributed by atoms with Crippen molar-refractivity contribution in [2.75, 3.05) is 12.4 Å². The van der Waals surface area contributed by atoms with Gasteiger partial charge >= 0.3 is 5.97 Å². The largest absolute Gasteiger partial charge is 0.463 e. The zero-order chi connectivity index (χ0) is 23.9. The third kappa shape index (κ3) is 5.37. The van der Waals surface area contributed by atoms with E-state index in [1.165, 1.54) is 23.1 Å². The number of esters is 1. The number of thiophene rings is 1. The van der Waals surface area contributed by atoms with E-state index in [4.69, 9.17) is 4.74 Å². The highest BCUT2D eigenvalue weighted by Gasteiger charge is 2.38. The van der Waals surface area contributed by atoms with Crippen LogP contribution in [0, 0.1) is 11.3 Å². The number of carbonyl (C=O) groups excluding carboxylic acids is 2. The minimum absolute atomic E-state index is 0.0439. The van der Waals surface area contributed by atoms with Gasteiger partial charge in [-0.15, -0.1) is 11.3 Å². The summed E-state index contributed by atoms with van der Waals surface area (Å²) < 4.78 is 5.43. The lowest BCUT2D eigenvalue weighted by atomic mass is 9.85. The lowest BCUT2D eigenvalue weighted by Gasteiger charge is -2.30. The minimum Gasteiger partial charge on any atom is -0.463 e. The van der Waals surface area contributed by atoms with Gasteiger partial charge in [0.05, 0.1) is 46.2 Å². The number of nitriles is 1. The Morgan fingerprint density at radius 1 is 1.21 bits per heavy atom. The Hall–Kier alpha value is -3.02. The maximum Gasteiger partial charge on any atom is 0.337 e. The number of thioether (sulfide) groups is 1. The van der Waals surface area contributed by atoms with E-state index in [1.54, 1.807) is 6.92 Å². The Morgan fingerprint density at radius 2 is 1.97 bits per heavy atom. The zero-order valence-corrected chi connectivity index (χ0v) is 20.6. The number of allylic oxidation sites excluding steroid dienone is 1. The molecule has 0 unspecified atom stereocenters. The Kier molecular flexibility index (Phi) is 8.09. The molecule has 4 rings (SSSR count). The van der Waals surface area contributed by atoms with Crippen LogP contribution in [-0.2, 0) is 14.3 Å². The van der Waals surface area contributed by atoms with Gasteiger partial charge in [0.15, 0.2) is 0 Å². The van der Waals surface area contributed by atoms with Gasteiger partial charge in [0.2, 0.25) is 5.91 Å². The molecule has 0 spiro atoms. The third-order valence-electron chi connectivity index (χ3n) is 5.90. The molecule has 0 bridgehead atoms. The molecule has 2 N–H and O–H groups in total. The van der Waals surface area contributed by atoms with E-state index in [0.29, 0.717) is 21.9 Å². The predicted molar refractivity (Wildman–Crippen MR) is 136 cm³/mol. The maximum atomic E-state index is 13.2. The Bertz CT molecular complexity index is 1130. The number of benzene rings is 1. The molecule has 8 heteroatoms. The number of dihydropyridines is 1. The normalized spacial score (nSPS) is 18.4. The average molecular weight is 494 g/mol. The molecule has 1 amide bonds. The predicted octanol–water partition coefficient (Wildman–Crippen LogP) is 4.94. The van der Waals surface area contributed by atoms with Crippen LogP contribution in [0.15, 0.2) is 64.0 Å². The molecule has 1 saturated carbocycles. The van der Waals surface area contributed by atoms with E-state index in [9.17, 15) is 14.9 Å². The molecule has 1 aromatic heterocycles. The molecule has 2 heterocycles. The Morgan fingerprint density at radius 3 is 2.62 bits per heavy atom. The van der Waals surface area contributed by atoms with E-state index in [2.05, 4.69) is 16.7 Å². The van der Waals surface area contributed by atoms with Gasteiger partial charge in [-0.2, -0.15) is 5.26 Å². The molecule has 1 atom stereocenters. The number of nitrogens with one attached hydrogen (secondary N) is 2. The zero-order valence-electron chi connectivity index (χ0n) is 19.0. The molecule has 1 aliphatic carbocycles. The average Bonchev–Trinajstić information content (AvgIpc) is 3.57. The highest BCUT2D eigenvalue weighted by atomic mass is 32.2. The van der Waals surface area contributed by atoms with Crippen LogP contribution < -0.4 is 10.6 Å². The number of rotatable bonds is 8. The van der Waals surface area contributed by atoms with Crippen molar-refractivity contribution in [1.82, 2.24) is 10.6 Å². The van der Waals surface area contributed by atoms with Crippen molar-refractivity contribution in [2.24, 2.45) is 0 Å². The van der Waals surface area contributed by atoms with Crippen molar-refractivity contribution in [3.8, 4) is 6.07 Å². The molecule has 0 saturated heterocycles. The lowest BCUT2D eigenvalue weighted by Crippen LogP contribution is -2.34. The third-order valence-corrected chi connectivity index (χ3v) is 7.86. The molecular weight excluding hydrogens is 466 g/mol. The molecule has 6 nitrogen and oxygen atoms in total. The van der Waals surface area contributed by atoms with Crippen molar-refractivity contribution in [2.45, 2.75) is 44.6 Å². The molecule has 1 aliphatic heterocycles. The number of hydrogen-bond acceptors (Lipinski definition) is 7. The first-order valence-electron chi connectivity index (χ1n) is 11.5. The van der Waals surface area contributed by atoms with E-state index < -0.39 is 11.9 Å². The van der Waals surface area contributed by atoms with Crippen LogP contribution in [-0.4, -0.2) is 30.3 Å². The van der Waals surface area contributed by atoms with Gasteiger partial charge in [-0.05, 0) is 36.8 Å². The summed E-state index contributed by atoms with van der Waals surface area (Å²) in [6.45, 7) is 2.00. The monoisotopic (exact) mass is 493 g/mol. The van der Waals surface area contributed by atoms with Gasteiger partial charge in [-0.3, -0.25) is 4.79 Å². The van der Waals surface area contributed by atoms with Gasteiger partial charge in [-0.25, -0.2) is 4.79 Å². The van der Waals surface area contributed by atoms with Crippen LogP contribution >= 0.6 is 23.1 Å². The summed E-state index contributed by atoms with van der Waals surface area (Å²) in [5, 5.41) is 19.1. The van der Waals surface area contributed by atoms with Crippen molar-refractivity contribution in [3.05, 3.63) is 74.5 Å². The summed E-state index contributed by atoms with van der Waals surface area (Å²) in [4.78, 5) is 26.7. The van der Waals surface area contributed by atoms with Crippen molar-refractivity contribution in [1.29, 1.82) is 5.26 Å². The highest BCUT2D eigenvalue weighted by molar-refractivity contribution is 8.03. The smallest absolute Gasteiger partial charge is 0.337 e. The molecule has 2 aliphatic rings. The topological polar surface area (TPSA) is 91.2 Å².